The van der Waals surface area contributed by atoms with Crippen molar-refractivity contribution in [3.63, 3.8) is 0 Å². The first kappa shape index (κ1) is 23.8. The van der Waals surface area contributed by atoms with E-state index >= 15 is 0 Å². The largest absolute Gasteiger partial charge is 0.493 e. The van der Waals surface area contributed by atoms with Gasteiger partial charge in [0.1, 0.15) is 4.88 Å². The van der Waals surface area contributed by atoms with Gasteiger partial charge in [-0.05, 0) is 47.9 Å². The number of esters is 2. The van der Waals surface area contributed by atoms with Crippen LogP contribution in [-0.2, 0) is 14.3 Å². The fourth-order valence-electron chi connectivity index (χ4n) is 4.64. The van der Waals surface area contributed by atoms with E-state index in [-0.39, 0.29) is 16.9 Å². The Labute approximate surface area is 202 Å². The van der Waals surface area contributed by atoms with Gasteiger partial charge in [0.25, 0.3) is 0 Å². The molecule has 0 fully saturated rings. The number of allylic oxidation sites excluding steroid dienone is 3. The SMILES string of the molecule is COC(=O)C1=C(C)NC2=C(C(=O)CC(C)(C)C2)[C@H]1c1ccc(OC(=O)c2cccs2)c(OC)c1. The number of nitrogens with one attached hydrogen (secondary N) is 1. The maximum atomic E-state index is 13.3. The summed E-state index contributed by atoms with van der Waals surface area (Å²) >= 11 is 1.28. The molecule has 0 unspecified atom stereocenters. The van der Waals surface area contributed by atoms with Crippen molar-refractivity contribution < 1.29 is 28.6 Å². The molecule has 0 bridgehead atoms. The Bertz CT molecular complexity index is 1220. The average Bonchev–Trinajstić information content (AvgIpc) is 3.32. The van der Waals surface area contributed by atoms with Gasteiger partial charge in [0, 0.05) is 29.3 Å². The van der Waals surface area contributed by atoms with Crippen molar-refractivity contribution in [2.24, 2.45) is 5.41 Å². The molecule has 0 saturated heterocycles. The number of hydrogen-bond donors (Lipinski definition) is 1. The van der Waals surface area contributed by atoms with Gasteiger partial charge < -0.3 is 19.5 Å². The summed E-state index contributed by atoms with van der Waals surface area (Å²) < 4.78 is 16.1. The van der Waals surface area contributed by atoms with Crippen LogP contribution in [0.4, 0.5) is 0 Å². The highest BCUT2D eigenvalue weighted by Crippen LogP contribution is 2.47. The summed E-state index contributed by atoms with van der Waals surface area (Å²) in [5.74, 6) is -1.04. The number of ether oxygens (including phenoxy) is 3. The summed E-state index contributed by atoms with van der Waals surface area (Å²) in [6.07, 6.45) is 1.06. The predicted molar refractivity (Wildman–Crippen MR) is 128 cm³/mol. The fraction of sp³-hybridized carbons (Fsp3) is 0.346. The van der Waals surface area contributed by atoms with Crippen LogP contribution in [0.2, 0.25) is 0 Å². The number of benzene rings is 1. The Kier molecular flexibility index (Phi) is 6.36. The molecule has 1 aliphatic carbocycles. The Morgan fingerprint density at radius 3 is 2.50 bits per heavy atom. The molecule has 8 heteroatoms. The van der Waals surface area contributed by atoms with Crippen LogP contribution >= 0.6 is 11.3 Å². The van der Waals surface area contributed by atoms with Crippen molar-refractivity contribution in [1.82, 2.24) is 5.32 Å². The third-order valence-corrected chi connectivity index (χ3v) is 6.94. The molecule has 0 radical (unpaired) electrons. The zero-order valence-electron chi connectivity index (χ0n) is 19.8. The lowest BCUT2D eigenvalue weighted by Gasteiger charge is -2.39. The Balaban J connectivity index is 1.79. The van der Waals surface area contributed by atoms with Gasteiger partial charge in [0.2, 0.25) is 0 Å². The predicted octanol–water partition coefficient (Wildman–Crippen LogP) is 4.75. The first-order valence-electron chi connectivity index (χ1n) is 10.9. The first-order chi connectivity index (χ1) is 16.1. The fourth-order valence-corrected chi connectivity index (χ4v) is 5.24. The van der Waals surface area contributed by atoms with Crippen molar-refractivity contribution >= 4 is 29.1 Å². The second kappa shape index (κ2) is 9.10. The lowest BCUT2D eigenvalue weighted by molar-refractivity contribution is -0.136. The normalized spacial score (nSPS) is 19.3. The molecule has 1 N–H and O–H groups in total. The minimum absolute atomic E-state index is 0.00943. The number of methoxy groups -OCH3 is 2. The van der Waals surface area contributed by atoms with Gasteiger partial charge in [-0.2, -0.15) is 0 Å². The number of Topliss-reactive ketones (excluding diaryl/α,β-unsaturated/α-hetero) is 1. The number of carbonyl (C=O) groups excluding carboxylic acids is 3. The molecule has 2 heterocycles. The molecular formula is C26H27NO6S. The zero-order chi connectivity index (χ0) is 24.6. The van der Waals surface area contributed by atoms with Gasteiger partial charge in [-0.3, -0.25) is 4.79 Å². The summed E-state index contributed by atoms with van der Waals surface area (Å²) in [5, 5.41) is 5.09. The highest BCUT2D eigenvalue weighted by atomic mass is 32.1. The van der Waals surface area contributed by atoms with Crippen LogP contribution < -0.4 is 14.8 Å². The van der Waals surface area contributed by atoms with Gasteiger partial charge in [-0.15, -0.1) is 11.3 Å². The Morgan fingerprint density at radius 2 is 1.85 bits per heavy atom. The molecule has 0 saturated carbocycles. The van der Waals surface area contributed by atoms with Crippen LogP contribution in [0.3, 0.4) is 0 Å². The minimum atomic E-state index is -0.622. The van der Waals surface area contributed by atoms with Crippen LogP contribution in [0.15, 0.2) is 58.3 Å². The van der Waals surface area contributed by atoms with E-state index < -0.39 is 17.9 Å². The highest BCUT2D eigenvalue weighted by Gasteiger charge is 2.43. The molecule has 1 aromatic carbocycles. The van der Waals surface area contributed by atoms with Crippen LogP contribution in [-0.4, -0.2) is 31.9 Å². The quantitative estimate of drug-likeness (QED) is 0.487. The molecule has 1 aromatic heterocycles. The van der Waals surface area contributed by atoms with Crippen molar-refractivity contribution in [3.05, 3.63) is 68.7 Å². The first-order valence-corrected chi connectivity index (χ1v) is 11.8. The molecule has 178 valence electrons. The van der Waals surface area contributed by atoms with E-state index in [2.05, 4.69) is 19.2 Å². The summed E-state index contributed by atoms with van der Waals surface area (Å²) in [6, 6.07) is 8.55. The smallest absolute Gasteiger partial charge is 0.353 e. The van der Waals surface area contributed by atoms with E-state index in [9.17, 15) is 14.4 Å². The van der Waals surface area contributed by atoms with E-state index in [1.54, 1.807) is 35.7 Å². The van der Waals surface area contributed by atoms with Crippen molar-refractivity contribution in [2.75, 3.05) is 14.2 Å². The molecule has 0 amide bonds. The van der Waals surface area contributed by atoms with Crippen LogP contribution in [0.25, 0.3) is 0 Å². The lowest BCUT2D eigenvalue weighted by Crippen LogP contribution is -2.38. The molecule has 1 aliphatic heterocycles. The molecule has 2 aliphatic rings. The molecule has 34 heavy (non-hydrogen) atoms. The average molecular weight is 482 g/mol. The number of rotatable bonds is 5. The number of hydrogen-bond acceptors (Lipinski definition) is 8. The lowest BCUT2D eigenvalue weighted by atomic mass is 9.68. The van der Waals surface area contributed by atoms with Gasteiger partial charge in [0.05, 0.1) is 19.8 Å². The van der Waals surface area contributed by atoms with Gasteiger partial charge in [-0.25, -0.2) is 9.59 Å². The molecule has 7 nitrogen and oxygen atoms in total. The Hall–Kier alpha value is -3.39. The summed E-state index contributed by atoms with van der Waals surface area (Å²) in [4.78, 5) is 39.1. The Morgan fingerprint density at radius 1 is 1.09 bits per heavy atom. The summed E-state index contributed by atoms with van der Waals surface area (Å²) in [5.41, 5.74) is 2.90. The number of ketones is 1. The van der Waals surface area contributed by atoms with Gasteiger partial charge >= 0.3 is 11.9 Å². The molecule has 4 rings (SSSR count). The van der Waals surface area contributed by atoms with E-state index in [1.165, 1.54) is 25.6 Å². The molecule has 1 atom stereocenters. The van der Waals surface area contributed by atoms with Crippen molar-refractivity contribution in [2.45, 2.75) is 39.5 Å². The topological polar surface area (TPSA) is 90.9 Å². The van der Waals surface area contributed by atoms with Crippen LogP contribution in [0.1, 0.15) is 54.8 Å². The van der Waals surface area contributed by atoms with Gasteiger partial charge in [0.15, 0.2) is 17.3 Å². The van der Waals surface area contributed by atoms with Gasteiger partial charge in [-0.1, -0.05) is 26.0 Å². The van der Waals surface area contributed by atoms with E-state index in [0.717, 1.165) is 5.70 Å². The molecule has 2 aromatic rings. The number of thiophene rings is 1. The zero-order valence-corrected chi connectivity index (χ0v) is 20.6. The number of carbonyl (C=O) groups is 3. The van der Waals surface area contributed by atoms with Crippen LogP contribution in [0.5, 0.6) is 11.5 Å². The standard InChI is InChI=1S/C26H27NO6S/c1-14-21(25(30)32-5)22(23-16(27-14)12-26(2,3)13-17(23)28)15-8-9-18(19(11-15)31-4)33-24(29)20-7-6-10-34-20/h6-11,22,27H,12-13H2,1-5H3/t22-/m0/s1. The van der Waals surface area contributed by atoms with Crippen LogP contribution in [0, 0.1) is 5.41 Å². The maximum absolute atomic E-state index is 13.3. The third kappa shape index (κ3) is 4.37. The van der Waals surface area contributed by atoms with Crippen molar-refractivity contribution in [3.8, 4) is 11.5 Å². The number of dihydropyridines is 1. The summed E-state index contributed by atoms with van der Waals surface area (Å²) in [6.45, 7) is 5.92. The molecular weight excluding hydrogens is 454 g/mol. The molecule has 0 spiro atoms. The van der Waals surface area contributed by atoms with E-state index in [4.69, 9.17) is 14.2 Å². The minimum Gasteiger partial charge on any atom is -0.493 e. The monoisotopic (exact) mass is 481 g/mol. The summed E-state index contributed by atoms with van der Waals surface area (Å²) in [7, 11) is 2.80. The second-order valence-corrected chi connectivity index (χ2v) is 10.1. The third-order valence-electron chi connectivity index (χ3n) is 6.09. The maximum Gasteiger partial charge on any atom is 0.353 e. The second-order valence-electron chi connectivity index (χ2n) is 9.20. The van der Waals surface area contributed by atoms with Crippen molar-refractivity contribution in [1.29, 1.82) is 0 Å². The van der Waals surface area contributed by atoms with E-state index in [1.807, 2.05) is 6.92 Å². The van der Waals surface area contributed by atoms with E-state index in [0.29, 0.717) is 45.9 Å². The highest BCUT2D eigenvalue weighted by molar-refractivity contribution is 7.12.